The summed E-state index contributed by atoms with van der Waals surface area (Å²) in [6.07, 6.45) is 4.70. The van der Waals surface area contributed by atoms with Crippen molar-refractivity contribution in [2.24, 2.45) is 13.0 Å². The fraction of sp³-hybridized carbons (Fsp3) is 0.450. The topological polar surface area (TPSA) is 58.4 Å². The van der Waals surface area contributed by atoms with Crippen molar-refractivity contribution in [3.05, 3.63) is 47.8 Å². The zero-order valence-electron chi connectivity index (χ0n) is 15.3. The molecular formula is C20H24N4O2. The van der Waals surface area contributed by atoms with E-state index in [1.807, 2.05) is 36.2 Å². The molecule has 3 heterocycles. The third-order valence-electron chi connectivity index (χ3n) is 5.72. The van der Waals surface area contributed by atoms with E-state index in [9.17, 15) is 9.59 Å². The molecule has 2 atom stereocenters. The molecular weight excluding hydrogens is 328 g/mol. The summed E-state index contributed by atoms with van der Waals surface area (Å²) in [6, 6.07) is 9.78. The van der Waals surface area contributed by atoms with Gasteiger partial charge in [-0.05, 0) is 37.0 Å². The van der Waals surface area contributed by atoms with Crippen molar-refractivity contribution in [2.45, 2.75) is 31.7 Å². The molecule has 0 aliphatic carbocycles. The van der Waals surface area contributed by atoms with E-state index in [0.717, 1.165) is 30.8 Å². The van der Waals surface area contributed by atoms with Gasteiger partial charge < -0.3 is 9.80 Å². The maximum atomic E-state index is 13.5. The quantitative estimate of drug-likeness (QED) is 0.833. The third kappa shape index (κ3) is 2.69. The Morgan fingerprint density at radius 3 is 2.73 bits per heavy atom. The summed E-state index contributed by atoms with van der Waals surface area (Å²) in [5, 5.41) is 4.25. The Morgan fingerprint density at radius 2 is 1.96 bits per heavy atom. The van der Waals surface area contributed by atoms with Crippen LogP contribution in [0.2, 0.25) is 0 Å². The number of piperidine rings is 1. The lowest BCUT2D eigenvalue weighted by Crippen LogP contribution is -2.49. The number of carbonyl (C=O) groups excluding carboxylic acids is 2. The number of benzene rings is 1. The first-order chi connectivity index (χ1) is 12.6. The zero-order chi connectivity index (χ0) is 18.3. The van der Waals surface area contributed by atoms with E-state index in [1.165, 1.54) is 5.56 Å². The summed E-state index contributed by atoms with van der Waals surface area (Å²) in [7, 11) is 3.66. The van der Waals surface area contributed by atoms with Crippen molar-refractivity contribution in [1.29, 1.82) is 0 Å². The molecule has 0 saturated carbocycles. The summed E-state index contributed by atoms with van der Waals surface area (Å²) >= 11 is 0. The molecule has 2 aliphatic heterocycles. The Hall–Kier alpha value is -2.63. The SMILES string of the molecule is CN1C(=O)CC[C@H](C(=O)N2CCCc3ccccc32)[C@H]1c1ccnn1C. The Kier molecular flexibility index (Phi) is 4.26. The molecule has 2 aromatic rings. The van der Waals surface area contributed by atoms with Crippen molar-refractivity contribution >= 4 is 17.5 Å². The molecule has 6 heteroatoms. The molecule has 2 aliphatic rings. The van der Waals surface area contributed by atoms with Crippen molar-refractivity contribution in [1.82, 2.24) is 14.7 Å². The molecule has 1 aromatic heterocycles. The van der Waals surface area contributed by atoms with E-state index in [1.54, 1.807) is 22.8 Å². The van der Waals surface area contributed by atoms with Crippen molar-refractivity contribution in [3.63, 3.8) is 0 Å². The van der Waals surface area contributed by atoms with E-state index in [2.05, 4.69) is 11.2 Å². The number of amides is 2. The molecule has 136 valence electrons. The minimum atomic E-state index is -0.273. The number of hydrogen-bond donors (Lipinski definition) is 0. The fourth-order valence-corrected chi connectivity index (χ4v) is 4.34. The number of anilines is 1. The van der Waals surface area contributed by atoms with Crippen LogP contribution in [-0.2, 0) is 23.1 Å². The Morgan fingerprint density at radius 1 is 1.15 bits per heavy atom. The highest BCUT2D eigenvalue weighted by Gasteiger charge is 2.42. The summed E-state index contributed by atoms with van der Waals surface area (Å²) < 4.78 is 1.77. The fourth-order valence-electron chi connectivity index (χ4n) is 4.34. The number of likely N-dealkylation sites (tertiary alicyclic amines) is 1. The third-order valence-corrected chi connectivity index (χ3v) is 5.72. The molecule has 1 fully saturated rings. The van der Waals surface area contributed by atoms with Crippen LogP contribution >= 0.6 is 0 Å². The van der Waals surface area contributed by atoms with Crippen LogP contribution in [-0.4, -0.2) is 40.1 Å². The first kappa shape index (κ1) is 16.8. The minimum absolute atomic E-state index is 0.0827. The Balaban J connectivity index is 1.70. The van der Waals surface area contributed by atoms with Gasteiger partial charge in [0.15, 0.2) is 0 Å². The van der Waals surface area contributed by atoms with E-state index in [4.69, 9.17) is 0 Å². The molecule has 0 bridgehead atoms. The van der Waals surface area contributed by atoms with Gasteiger partial charge in [-0.3, -0.25) is 14.3 Å². The highest BCUT2D eigenvalue weighted by atomic mass is 16.2. The maximum absolute atomic E-state index is 13.5. The van der Waals surface area contributed by atoms with Gasteiger partial charge in [0.25, 0.3) is 0 Å². The average Bonchev–Trinajstić information content (AvgIpc) is 3.08. The van der Waals surface area contributed by atoms with Gasteiger partial charge in [-0.25, -0.2) is 0 Å². The lowest BCUT2D eigenvalue weighted by Gasteiger charge is -2.41. The van der Waals surface area contributed by atoms with Gasteiger partial charge in [0, 0.05) is 38.9 Å². The summed E-state index contributed by atoms with van der Waals surface area (Å²) in [6.45, 7) is 0.738. The molecule has 0 spiro atoms. The van der Waals surface area contributed by atoms with Gasteiger partial charge >= 0.3 is 0 Å². The number of hydrogen-bond acceptors (Lipinski definition) is 3. The summed E-state index contributed by atoms with van der Waals surface area (Å²) in [4.78, 5) is 29.5. The average molecular weight is 352 g/mol. The molecule has 0 unspecified atom stereocenters. The number of rotatable bonds is 2. The van der Waals surface area contributed by atoms with Gasteiger partial charge in [0.2, 0.25) is 11.8 Å². The predicted molar refractivity (Wildman–Crippen MR) is 98.6 cm³/mol. The minimum Gasteiger partial charge on any atom is -0.336 e. The number of fused-ring (bicyclic) bond motifs is 1. The van der Waals surface area contributed by atoms with E-state index in [0.29, 0.717) is 12.8 Å². The highest BCUT2D eigenvalue weighted by Crippen LogP contribution is 2.38. The van der Waals surface area contributed by atoms with E-state index < -0.39 is 0 Å². The van der Waals surface area contributed by atoms with Gasteiger partial charge in [-0.15, -0.1) is 0 Å². The van der Waals surface area contributed by atoms with Crippen LogP contribution in [0.25, 0.3) is 0 Å². The Labute approximate surface area is 153 Å². The standard InChI is InChI=1S/C20H24N4O2/c1-22-18(25)10-9-15(19(22)17-11-12-21-23(17)2)20(26)24-13-5-7-14-6-3-4-8-16(14)24/h3-4,6,8,11-12,15,19H,5,7,9-10,13H2,1-2H3/t15-,19-/m0/s1. The maximum Gasteiger partial charge on any atom is 0.232 e. The Bertz CT molecular complexity index is 844. The second kappa shape index (κ2) is 6.59. The van der Waals surface area contributed by atoms with Crippen LogP contribution in [0.15, 0.2) is 36.5 Å². The smallest absolute Gasteiger partial charge is 0.232 e. The molecule has 6 nitrogen and oxygen atoms in total. The number of para-hydroxylation sites is 1. The monoisotopic (exact) mass is 352 g/mol. The first-order valence-corrected chi connectivity index (χ1v) is 9.21. The van der Waals surface area contributed by atoms with Gasteiger partial charge in [-0.2, -0.15) is 5.10 Å². The second-order valence-corrected chi connectivity index (χ2v) is 7.20. The van der Waals surface area contributed by atoms with E-state index >= 15 is 0 Å². The summed E-state index contributed by atoms with van der Waals surface area (Å²) in [5.41, 5.74) is 3.15. The largest absolute Gasteiger partial charge is 0.336 e. The van der Waals surface area contributed by atoms with Crippen molar-refractivity contribution < 1.29 is 9.59 Å². The number of aryl methyl sites for hydroxylation is 2. The molecule has 0 radical (unpaired) electrons. The molecule has 0 N–H and O–H groups in total. The first-order valence-electron chi connectivity index (χ1n) is 9.21. The number of carbonyl (C=O) groups is 2. The van der Waals surface area contributed by atoms with Crippen LogP contribution in [0.1, 0.15) is 36.6 Å². The second-order valence-electron chi connectivity index (χ2n) is 7.20. The van der Waals surface area contributed by atoms with Crippen LogP contribution in [0.5, 0.6) is 0 Å². The number of nitrogens with zero attached hydrogens (tertiary/aromatic N) is 4. The molecule has 1 aromatic carbocycles. The van der Waals surface area contributed by atoms with Crippen LogP contribution in [0, 0.1) is 5.92 Å². The van der Waals surface area contributed by atoms with Gasteiger partial charge in [-0.1, -0.05) is 18.2 Å². The van der Waals surface area contributed by atoms with E-state index in [-0.39, 0.29) is 23.8 Å². The molecule has 4 rings (SSSR count). The van der Waals surface area contributed by atoms with Gasteiger partial charge in [0.1, 0.15) is 0 Å². The van der Waals surface area contributed by atoms with Crippen LogP contribution < -0.4 is 4.90 Å². The zero-order valence-corrected chi connectivity index (χ0v) is 15.3. The predicted octanol–water partition coefficient (Wildman–Crippen LogP) is 2.31. The lowest BCUT2D eigenvalue weighted by atomic mass is 9.85. The molecule has 1 saturated heterocycles. The van der Waals surface area contributed by atoms with Crippen molar-refractivity contribution in [3.8, 4) is 0 Å². The molecule has 26 heavy (non-hydrogen) atoms. The lowest BCUT2D eigenvalue weighted by molar-refractivity contribution is -0.141. The van der Waals surface area contributed by atoms with Crippen LogP contribution in [0.4, 0.5) is 5.69 Å². The highest BCUT2D eigenvalue weighted by molar-refractivity contribution is 5.97. The molecule has 2 amide bonds. The summed E-state index contributed by atoms with van der Waals surface area (Å²) in [5.74, 6) is -0.0544. The normalized spacial score (nSPS) is 23.1. The van der Waals surface area contributed by atoms with Gasteiger partial charge in [0.05, 0.1) is 17.7 Å². The van der Waals surface area contributed by atoms with Crippen LogP contribution in [0.3, 0.4) is 0 Å². The number of aromatic nitrogens is 2. The van der Waals surface area contributed by atoms with Crippen molar-refractivity contribution in [2.75, 3.05) is 18.5 Å².